The lowest BCUT2D eigenvalue weighted by molar-refractivity contribution is -0.161. The Balaban J connectivity index is 1.30. The molecule has 0 radical (unpaired) electrons. The SMILES string of the molecule is COc1nc(Nc2cc(-c3ccc(O[C@@H]4CCN(C(=O)CO)CC4(F)F)c(C#N)c3)ncn2)ccc1N1CCN(C)CC1. The standard InChI is InChI=1S/C29H32F2N8O4/c1-37-9-11-38(12-10-37)22-4-6-25(36-28(22)42-2)35-26-14-21(33-18-34-26)19-3-5-23(20(13-19)15-32)43-24-7-8-39(27(41)16-40)17-29(24,30)31/h3-6,13-14,18,24,40H,7-12,16-17H2,1-2H3,(H,33,34,35,36)/t24-/m1/s1. The zero-order valence-electron chi connectivity index (χ0n) is 23.8. The predicted octanol–water partition coefficient (Wildman–Crippen LogP) is 2.52. The number of ether oxygens (including phenoxy) is 2. The van der Waals surface area contributed by atoms with Crippen LogP contribution < -0.4 is 19.7 Å². The van der Waals surface area contributed by atoms with Gasteiger partial charge in [-0.3, -0.25) is 4.79 Å². The van der Waals surface area contributed by atoms with Gasteiger partial charge in [0.05, 0.1) is 24.9 Å². The van der Waals surface area contributed by atoms with E-state index in [-0.39, 0.29) is 24.3 Å². The van der Waals surface area contributed by atoms with Crippen LogP contribution in [0.4, 0.5) is 26.1 Å². The summed E-state index contributed by atoms with van der Waals surface area (Å²) in [4.78, 5) is 30.3. The molecule has 14 heteroatoms. The topological polar surface area (TPSA) is 140 Å². The number of aromatic nitrogens is 3. The molecule has 1 amide bonds. The van der Waals surface area contributed by atoms with Crippen molar-refractivity contribution in [2.24, 2.45) is 0 Å². The van der Waals surface area contributed by atoms with Gasteiger partial charge in [0.1, 0.15) is 42.1 Å². The Kier molecular flexibility index (Phi) is 8.84. The number of nitrogens with zero attached hydrogens (tertiary/aromatic N) is 7. The predicted molar refractivity (Wildman–Crippen MR) is 154 cm³/mol. The van der Waals surface area contributed by atoms with Crippen LogP contribution in [0.3, 0.4) is 0 Å². The van der Waals surface area contributed by atoms with Crippen LogP contribution in [0.5, 0.6) is 11.6 Å². The zero-order valence-corrected chi connectivity index (χ0v) is 23.8. The maximum Gasteiger partial charge on any atom is 0.301 e. The third-order valence-corrected chi connectivity index (χ3v) is 7.49. The number of likely N-dealkylation sites (tertiary alicyclic amines) is 1. The van der Waals surface area contributed by atoms with Crippen LogP contribution in [-0.2, 0) is 4.79 Å². The summed E-state index contributed by atoms with van der Waals surface area (Å²) in [5, 5.41) is 21.9. The van der Waals surface area contributed by atoms with Crippen molar-refractivity contribution in [2.45, 2.75) is 18.4 Å². The quantitative estimate of drug-likeness (QED) is 0.398. The van der Waals surface area contributed by atoms with Crippen LogP contribution in [-0.4, -0.2) is 108 Å². The second-order valence-electron chi connectivity index (χ2n) is 10.4. The van der Waals surface area contributed by atoms with Crippen molar-refractivity contribution in [1.82, 2.24) is 24.8 Å². The lowest BCUT2D eigenvalue weighted by atomic mass is 10.0. The number of methoxy groups -OCH3 is 1. The molecule has 43 heavy (non-hydrogen) atoms. The molecule has 3 aromatic rings. The molecule has 0 saturated carbocycles. The molecular weight excluding hydrogens is 562 g/mol. The maximum absolute atomic E-state index is 14.8. The lowest BCUT2D eigenvalue weighted by Crippen LogP contribution is -2.55. The highest BCUT2D eigenvalue weighted by atomic mass is 19.3. The first-order valence-electron chi connectivity index (χ1n) is 13.8. The summed E-state index contributed by atoms with van der Waals surface area (Å²) in [6.45, 7) is 1.95. The highest BCUT2D eigenvalue weighted by Gasteiger charge is 2.47. The van der Waals surface area contributed by atoms with Crippen molar-refractivity contribution in [1.29, 1.82) is 5.26 Å². The first-order valence-corrected chi connectivity index (χ1v) is 13.8. The Morgan fingerprint density at radius 2 is 1.93 bits per heavy atom. The summed E-state index contributed by atoms with van der Waals surface area (Å²) in [6.07, 6.45) is -0.317. The van der Waals surface area contributed by atoms with E-state index in [1.807, 2.05) is 18.2 Å². The van der Waals surface area contributed by atoms with Gasteiger partial charge in [0.25, 0.3) is 0 Å². The summed E-state index contributed by atoms with van der Waals surface area (Å²) in [5.74, 6) is -2.66. The second kappa shape index (κ2) is 12.7. The molecule has 2 aliphatic rings. The van der Waals surface area contributed by atoms with Crippen molar-refractivity contribution in [3.63, 3.8) is 0 Å². The summed E-state index contributed by atoms with van der Waals surface area (Å²) in [5.41, 5.74) is 2.02. The number of piperazine rings is 1. The third-order valence-electron chi connectivity index (χ3n) is 7.49. The Bertz CT molecular complexity index is 1510. The van der Waals surface area contributed by atoms with Gasteiger partial charge in [-0.2, -0.15) is 10.2 Å². The summed E-state index contributed by atoms with van der Waals surface area (Å²) < 4.78 is 40.7. The van der Waals surface area contributed by atoms with E-state index < -0.39 is 31.1 Å². The zero-order chi connectivity index (χ0) is 30.6. The number of rotatable bonds is 8. The normalized spacial score (nSPS) is 18.6. The van der Waals surface area contributed by atoms with Gasteiger partial charge in [0.2, 0.25) is 11.8 Å². The van der Waals surface area contributed by atoms with Crippen LogP contribution in [0.1, 0.15) is 12.0 Å². The molecule has 0 bridgehead atoms. The van der Waals surface area contributed by atoms with E-state index in [1.54, 1.807) is 19.2 Å². The average Bonchev–Trinajstić information content (AvgIpc) is 3.02. The van der Waals surface area contributed by atoms with Crippen LogP contribution >= 0.6 is 0 Å². The number of carbonyl (C=O) groups is 1. The molecule has 1 aromatic carbocycles. The number of benzene rings is 1. The number of likely N-dealkylation sites (N-methyl/N-ethyl adjacent to an activating group) is 1. The van der Waals surface area contributed by atoms with Crippen LogP contribution in [0.25, 0.3) is 11.3 Å². The van der Waals surface area contributed by atoms with Crippen molar-refractivity contribution in [3.05, 3.63) is 48.3 Å². The number of aliphatic hydroxyl groups is 1. The Morgan fingerprint density at radius 3 is 2.63 bits per heavy atom. The summed E-state index contributed by atoms with van der Waals surface area (Å²) in [7, 11) is 3.67. The van der Waals surface area contributed by atoms with Crippen LogP contribution in [0.2, 0.25) is 0 Å². The van der Waals surface area contributed by atoms with E-state index in [0.717, 1.165) is 36.8 Å². The fourth-order valence-corrected chi connectivity index (χ4v) is 5.07. The fraction of sp³-hybridized carbons (Fsp3) is 0.414. The Labute approximate surface area is 247 Å². The number of hydrogen-bond acceptors (Lipinski definition) is 11. The Morgan fingerprint density at radius 1 is 1.14 bits per heavy atom. The molecular formula is C29H32F2N8O4. The maximum atomic E-state index is 14.8. The number of amides is 1. The molecule has 5 rings (SSSR count). The molecule has 0 unspecified atom stereocenters. The van der Waals surface area contributed by atoms with Gasteiger partial charge >= 0.3 is 5.92 Å². The largest absolute Gasteiger partial charge is 0.483 e. The molecule has 2 fully saturated rings. The van der Waals surface area contributed by atoms with E-state index in [4.69, 9.17) is 14.6 Å². The number of hydrogen-bond donors (Lipinski definition) is 2. The molecule has 2 saturated heterocycles. The van der Waals surface area contributed by atoms with E-state index in [0.29, 0.717) is 28.8 Å². The van der Waals surface area contributed by atoms with Gasteiger partial charge in [0.15, 0.2) is 6.10 Å². The van der Waals surface area contributed by atoms with Gasteiger partial charge < -0.3 is 34.6 Å². The molecule has 2 N–H and O–H groups in total. The number of pyridine rings is 1. The van der Waals surface area contributed by atoms with Crippen molar-refractivity contribution < 1.29 is 28.2 Å². The minimum absolute atomic E-state index is 0.00185. The number of nitrogens with one attached hydrogen (secondary N) is 1. The van der Waals surface area contributed by atoms with Crippen molar-refractivity contribution >= 4 is 23.2 Å². The van der Waals surface area contributed by atoms with Crippen molar-refractivity contribution in [3.8, 4) is 29.0 Å². The number of piperidine rings is 1. The van der Waals surface area contributed by atoms with Crippen molar-refractivity contribution in [2.75, 3.05) is 70.2 Å². The van der Waals surface area contributed by atoms with Crippen LogP contribution in [0, 0.1) is 11.3 Å². The van der Waals surface area contributed by atoms with E-state index in [1.165, 1.54) is 18.5 Å². The Hall–Kier alpha value is -4.61. The number of carbonyl (C=O) groups excluding carboxylic acids is 1. The highest BCUT2D eigenvalue weighted by Crippen LogP contribution is 2.34. The lowest BCUT2D eigenvalue weighted by Gasteiger charge is -2.38. The molecule has 12 nitrogen and oxygen atoms in total. The molecule has 1 atom stereocenters. The number of halogens is 2. The van der Waals surface area contributed by atoms with Crippen LogP contribution in [0.15, 0.2) is 42.7 Å². The molecule has 0 aliphatic carbocycles. The minimum atomic E-state index is -3.36. The molecule has 226 valence electrons. The number of alkyl halides is 2. The smallest absolute Gasteiger partial charge is 0.301 e. The third kappa shape index (κ3) is 6.73. The first-order chi connectivity index (χ1) is 20.7. The van der Waals surface area contributed by atoms with Gasteiger partial charge in [-0.15, -0.1) is 0 Å². The van der Waals surface area contributed by atoms with E-state index in [2.05, 4.69) is 37.1 Å². The minimum Gasteiger partial charge on any atom is -0.483 e. The van der Waals surface area contributed by atoms with Gasteiger partial charge in [0, 0.05) is 50.8 Å². The van der Waals surface area contributed by atoms with Gasteiger partial charge in [-0.25, -0.2) is 18.7 Å². The van der Waals surface area contributed by atoms with Gasteiger partial charge in [-0.05, 0) is 37.4 Å². The fourth-order valence-electron chi connectivity index (χ4n) is 5.07. The monoisotopic (exact) mass is 594 g/mol. The number of nitriles is 1. The molecule has 2 aliphatic heterocycles. The summed E-state index contributed by atoms with van der Waals surface area (Å²) in [6, 6.07) is 12.1. The molecule has 4 heterocycles. The van der Waals surface area contributed by atoms with E-state index >= 15 is 0 Å². The van der Waals surface area contributed by atoms with Gasteiger partial charge in [-0.1, -0.05) is 0 Å². The number of aliphatic hydroxyl groups excluding tert-OH is 1. The molecule has 2 aromatic heterocycles. The number of anilines is 3. The first kappa shape index (κ1) is 29.9. The summed E-state index contributed by atoms with van der Waals surface area (Å²) >= 11 is 0. The highest BCUT2D eigenvalue weighted by molar-refractivity contribution is 5.77. The second-order valence-corrected chi connectivity index (χ2v) is 10.4. The average molecular weight is 595 g/mol. The molecule has 0 spiro atoms. The van der Waals surface area contributed by atoms with E-state index in [9.17, 15) is 18.8 Å².